The van der Waals surface area contributed by atoms with E-state index in [2.05, 4.69) is 6.58 Å². The number of aliphatic hydroxyl groups excluding tert-OH is 1. The fraction of sp³-hybridized carbons (Fsp3) is 0.750. The molecular formula is C12H21NO3. The first-order valence-electron chi connectivity index (χ1n) is 5.63. The second kappa shape index (κ2) is 4.87. The van der Waals surface area contributed by atoms with E-state index < -0.39 is 5.60 Å². The number of hydrogen-bond donors (Lipinski definition) is 1. The maximum absolute atomic E-state index is 11.9. The monoisotopic (exact) mass is 227 g/mol. The van der Waals surface area contributed by atoms with E-state index in [1.54, 1.807) is 11.0 Å². The van der Waals surface area contributed by atoms with Crippen molar-refractivity contribution in [2.24, 2.45) is 0 Å². The second-order valence-corrected chi connectivity index (χ2v) is 5.10. The highest BCUT2D eigenvalue weighted by Gasteiger charge is 2.37. The third-order valence-electron chi connectivity index (χ3n) is 2.63. The van der Waals surface area contributed by atoms with Gasteiger partial charge in [-0.05, 0) is 33.6 Å². The summed E-state index contributed by atoms with van der Waals surface area (Å²) in [6, 6.07) is -0.162. The molecule has 92 valence electrons. The van der Waals surface area contributed by atoms with Gasteiger partial charge in [-0.1, -0.05) is 6.08 Å². The summed E-state index contributed by atoms with van der Waals surface area (Å²) in [4.78, 5) is 13.5. The lowest BCUT2D eigenvalue weighted by atomic mass is 10.2. The van der Waals surface area contributed by atoms with Crippen LogP contribution in [0.1, 0.15) is 33.6 Å². The van der Waals surface area contributed by atoms with E-state index in [9.17, 15) is 9.90 Å². The Kier molecular flexibility index (Phi) is 3.97. The second-order valence-electron chi connectivity index (χ2n) is 5.10. The number of likely N-dealkylation sites (tertiary alicyclic amines) is 1. The van der Waals surface area contributed by atoms with Crippen LogP contribution in [0.4, 0.5) is 4.79 Å². The van der Waals surface area contributed by atoms with Crippen LogP contribution < -0.4 is 0 Å². The van der Waals surface area contributed by atoms with Crippen molar-refractivity contribution in [2.75, 3.05) is 6.61 Å². The maximum Gasteiger partial charge on any atom is 0.411 e. The molecule has 0 aromatic carbocycles. The van der Waals surface area contributed by atoms with E-state index in [0.29, 0.717) is 0 Å². The molecule has 0 aromatic heterocycles. The first-order chi connectivity index (χ1) is 7.39. The summed E-state index contributed by atoms with van der Waals surface area (Å²) in [6.45, 7) is 9.18. The van der Waals surface area contributed by atoms with Crippen LogP contribution in [0.2, 0.25) is 0 Å². The quantitative estimate of drug-likeness (QED) is 0.733. The van der Waals surface area contributed by atoms with Gasteiger partial charge in [0.05, 0.1) is 18.7 Å². The normalized spacial score (nSPS) is 25.6. The van der Waals surface area contributed by atoms with E-state index >= 15 is 0 Å². The third kappa shape index (κ3) is 2.98. The van der Waals surface area contributed by atoms with E-state index in [-0.39, 0.29) is 24.8 Å². The van der Waals surface area contributed by atoms with E-state index in [4.69, 9.17) is 4.74 Å². The molecule has 0 saturated carbocycles. The van der Waals surface area contributed by atoms with Gasteiger partial charge in [-0.3, -0.25) is 4.90 Å². The largest absolute Gasteiger partial charge is 0.444 e. The van der Waals surface area contributed by atoms with Crippen molar-refractivity contribution in [3.63, 3.8) is 0 Å². The zero-order chi connectivity index (χ0) is 12.3. The van der Waals surface area contributed by atoms with Gasteiger partial charge in [0.2, 0.25) is 0 Å². The van der Waals surface area contributed by atoms with Gasteiger partial charge < -0.3 is 9.84 Å². The SMILES string of the molecule is C=C[C@@H]1CC[C@@H](CO)N1C(=O)OC(C)(C)C. The minimum absolute atomic E-state index is 0.0213. The van der Waals surface area contributed by atoms with Crippen LogP contribution in [-0.2, 0) is 4.74 Å². The summed E-state index contributed by atoms with van der Waals surface area (Å²) in [5.41, 5.74) is -0.509. The molecule has 4 heteroatoms. The van der Waals surface area contributed by atoms with Crippen molar-refractivity contribution in [2.45, 2.75) is 51.3 Å². The molecule has 1 saturated heterocycles. The molecule has 2 atom stereocenters. The lowest BCUT2D eigenvalue weighted by Crippen LogP contribution is -2.44. The van der Waals surface area contributed by atoms with Crippen molar-refractivity contribution in [1.82, 2.24) is 4.90 Å². The van der Waals surface area contributed by atoms with Gasteiger partial charge in [0.15, 0.2) is 0 Å². The lowest BCUT2D eigenvalue weighted by Gasteiger charge is -2.30. The maximum atomic E-state index is 11.9. The summed E-state index contributed by atoms with van der Waals surface area (Å²) >= 11 is 0. The van der Waals surface area contributed by atoms with Gasteiger partial charge in [-0.2, -0.15) is 0 Å². The molecule has 1 N–H and O–H groups in total. The highest BCUT2D eigenvalue weighted by Crippen LogP contribution is 2.26. The number of nitrogens with zero attached hydrogens (tertiary/aromatic N) is 1. The zero-order valence-corrected chi connectivity index (χ0v) is 10.3. The number of hydrogen-bond acceptors (Lipinski definition) is 3. The molecule has 4 nitrogen and oxygen atoms in total. The number of rotatable bonds is 2. The average molecular weight is 227 g/mol. The number of amides is 1. The van der Waals surface area contributed by atoms with Crippen molar-refractivity contribution < 1.29 is 14.6 Å². The van der Waals surface area contributed by atoms with Gasteiger partial charge in [0.25, 0.3) is 0 Å². The number of aliphatic hydroxyl groups is 1. The Labute approximate surface area is 96.9 Å². The van der Waals surface area contributed by atoms with Crippen LogP contribution in [0.15, 0.2) is 12.7 Å². The predicted octanol–water partition coefficient (Wildman–Crippen LogP) is 1.93. The summed E-state index contributed by atoms with van der Waals surface area (Å²) in [6.07, 6.45) is 3.01. The zero-order valence-electron chi connectivity index (χ0n) is 10.3. The van der Waals surface area contributed by atoms with Crippen molar-refractivity contribution in [3.8, 4) is 0 Å². The minimum Gasteiger partial charge on any atom is -0.444 e. The van der Waals surface area contributed by atoms with Crippen LogP contribution in [0.25, 0.3) is 0 Å². The third-order valence-corrected chi connectivity index (χ3v) is 2.63. The lowest BCUT2D eigenvalue weighted by molar-refractivity contribution is 0.0126. The first kappa shape index (κ1) is 13.0. The van der Waals surface area contributed by atoms with Crippen LogP contribution in [0.3, 0.4) is 0 Å². The van der Waals surface area contributed by atoms with E-state index in [1.807, 2.05) is 20.8 Å². The van der Waals surface area contributed by atoms with Crippen LogP contribution in [0, 0.1) is 0 Å². The topological polar surface area (TPSA) is 49.8 Å². The van der Waals surface area contributed by atoms with E-state index in [0.717, 1.165) is 12.8 Å². The molecule has 1 amide bonds. The molecule has 0 aromatic rings. The summed E-state index contributed by atoms with van der Waals surface area (Å²) in [5, 5.41) is 9.21. The van der Waals surface area contributed by atoms with Crippen LogP contribution >= 0.6 is 0 Å². The Bertz CT molecular complexity index is 270. The highest BCUT2D eigenvalue weighted by atomic mass is 16.6. The van der Waals surface area contributed by atoms with Crippen molar-refractivity contribution in [1.29, 1.82) is 0 Å². The molecule has 1 fully saturated rings. The molecule has 0 unspecified atom stereocenters. The molecule has 1 heterocycles. The highest BCUT2D eigenvalue weighted by molar-refractivity contribution is 5.69. The Hall–Kier alpha value is -1.03. The molecule has 0 bridgehead atoms. The van der Waals surface area contributed by atoms with Gasteiger partial charge >= 0.3 is 6.09 Å². The first-order valence-corrected chi connectivity index (χ1v) is 5.63. The summed E-state index contributed by atoms with van der Waals surface area (Å²) in [5.74, 6) is 0. The molecule has 16 heavy (non-hydrogen) atoms. The van der Waals surface area contributed by atoms with Crippen molar-refractivity contribution >= 4 is 6.09 Å². The molecule has 1 aliphatic heterocycles. The number of carbonyl (C=O) groups is 1. The summed E-state index contributed by atoms with van der Waals surface area (Å²) < 4.78 is 5.31. The fourth-order valence-electron chi connectivity index (χ4n) is 1.92. The molecular weight excluding hydrogens is 206 g/mol. The van der Waals surface area contributed by atoms with Gasteiger partial charge in [-0.25, -0.2) is 4.79 Å². The standard InChI is InChI=1S/C12H21NO3/c1-5-9-6-7-10(8-14)13(9)11(15)16-12(2,3)4/h5,9-10,14H,1,6-8H2,2-4H3/t9-,10+/m1/s1. The smallest absolute Gasteiger partial charge is 0.411 e. The molecule has 0 radical (unpaired) electrons. The number of ether oxygens (including phenoxy) is 1. The van der Waals surface area contributed by atoms with Gasteiger partial charge in [0.1, 0.15) is 5.60 Å². The molecule has 1 aliphatic rings. The summed E-state index contributed by atoms with van der Waals surface area (Å²) in [7, 11) is 0. The van der Waals surface area contributed by atoms with E-state index in [1.165, 1.54) is 0 Å². The predicted molar refractivity (Wildman–Crippen MR) is 62.2 cm³/mol. The fourth-order valence-corrected chi connectivity index (χ4v) is 1.92. The molecule has 0 spiro atoms. The van der Waals surface area contributed by atoms with Crippen LogP contribution in [-0.4, -0.2) is 40.4 Å². The van der Waals surface area contributed by atoms with Crippen molar-refractivity contribution in [3.05, 3.63) is 12.7 Å². The average Bonchev–Trinajstić information content (AvgIpc) is 2.57. The Morgan fingerprint density at radius 2 is 2.19 bits per heavy atom. The molecule has 0 aliphatic carbocycles. The van der Waals surface area contributed by atoms with Gasteiger partial charge in [0, 0.05) is 0 Å². The van der Waals surface area contributed by atoms with Crippen LogP contribution in [0.5, 0.6) is 0 Å². The molecule has 1 rings (SSSR count). The Balaban J connectivity index is 2.74. The Morgan fingerprint density at radius 3 is 2.62 bits per heavy atom. The Morgan fingerprint density at radius 1 is 1.56 bits per heavy atom. The minimum atomic E-state index is -0.509. The number of carbonyl (C=O) groups excluding carboxylic acids is 1. The van der Waals surface area contributed by atoms with Gasteiger partial charge in [-0.15, -0.1) is 6.58 Å².